The molecule has 0 aliphatic rings. The van der Waals surface area contributed by atoms with Crippen molar-refractivity contribution in [3.8, 4) is 0 Å². The van der Waals surface area contributed by atoms with Crippen LogP contribution in [0.4, 0.5) is 0 Å². The van der Waals surface area contributed by atoms with E-state index in [1.165, 1.54) is 11.4 Å². The smallest absolute Gasteiger partial charge is 0.292 e. The molecule has 0 aromatic carbocycles. The van der Waals surface area contributed by atoms with E-state index in [9.17, 15) is 0 Å². The maximum absolute atomic E-state index is 4.74. The first-order valence-corrected chi connectivity index (χ1v) is 25.9. The molecule has 0 aliphatic carbocycles. The molecule has 8 heteroatoms. The van der Waals surface area contributed by atoms with Gasteiger partial charge in [-0.2, -0.15) is 22.5 Å². The number of aromatic nitrogens is 2. The van der Waals surface area contributed by atoms with E-state index in [1.807, 2.05) is 0 Å². The van der Waals surface area contributed by atoms with Gasteiger partial charge >= 0.3 is 34.1 Å². The van der Waals surface area contributed by atoms with Crippen LogP contribution in [0.1, 0.15) is 22.8 Å². The van der Waals surface area contributed by atoms with Crippen molar-refractivity contribution in [2.45, 2.75) is 92.4 Å². The van der Waals surface area contributed by atoms with Gasteiger partial charge in [0.2, 0.25) is 0 Å². The molecule has 34 heavy (non-hydrogen) atoms. The monoisotopic (exact) mass is 626 g/mol. The van der Waals surface area contributed by atoms with Crippen LogP contribution < -0.4 is 0 Å². The molecule has 0 amide bonds. The summed E-state index contributed by atoms with van der Waals surface area (Å²) >= 11 is 0. The van der Waals surface area contributed by atoms with E-state index in [4.69, 9.17) is 9.97 Å². The molecule has 0 saturated heterocycles. The second kappa shape index (κ2) is 13.5. The zero-order valence-electron chi connectivity index (χ0n) is 24.0. The van der Waals surface area contributed by atoms with E-state index in [-0.39, 0.29) is 34.1 Å². The minimum absolute atomic E-state index is 0. The third-order valence-electron chi connectivity index (χ3n) is 5.29. The molecule has 0 N–H and O–H groups in total. The van der Waals surface area contributed by atoms with Crippen molar-refractivity contribution < 1.29 is 34.1 Å². The molecule has 0 atom stereocenters. The van der Waals surface area contributed by atoms with Gasteiger partial charge in [0.05, 0.1) is 0 Å². The number of nitrogens with zero attached hydrogens (tertiary/aromatic N) is 2. The summed E-state index contributed by atoms with van der Waals surface area (Å²) in [6.45, 7) is 33.4. The van der Waals surface area contributed by atoms with Crippen molar-refractivity contribution in [3.63, 3.8) is 0 Å². The van der Waals surface area contributed by atoms with E-state index in [2.05, 4.69) is 129 Å². The SMILES string of the molecule is Cc1cccc([C-]([Si](C)(C)C)[Si](C)(C)C)n1.Cc1cccc([C-]([Si](C)(C)C)[Si](C)(C)C)n1.[Cu+].[Cu+]. The second-order valence-corrected chi connectivity index (χ2v) is 34.1. The molecule has 2 rings (SSSR count). The van der Waals surface area contributed by atoms with E-state index in [1.54, 1.807) is 10.3 Å². The summed E-state index contributed by atoms with van der Waals surface area (Å²) in [6.07, 6.45) is 0. The fourth-order valence-corrected chi connectivity index (χ4v) is 26.8. The minimum Gasteiger partial charge on any atom is -0.292 e. The summed E-state index contributed by atoms with van der Waals surface area (Å²) in [5, 5.41) is 3.40. The summed E-state index contributed by atoms with van der Waals surface area (Å²) < 4.78 is 0. The molecule has 0 spiro atoms. The molecule has 0 radical (unpaired) electrons. The normalized spacial score (nSPS) is 11.9. The van der Waals surface area contributed by atoms with Gasteiger partial charge in [0.25, 0.3) is 0 Å². The first-order valence-electron chi connectivity index (χ1n) is 11.9. The second-order valence-electron chi connectivity index (χ2n) is 13.1. The Hall–Kier alpha value is -0.0535. The fraction of sp³-hybridized carbons (Fsp3) is 0.538. The van der Waals surface area contributed by atoms with Gasteiger partial charge in [0, 0.05) is 11.4 Å². The Labute approximate surface area is 236 Å². The van der Waals surface area contributed by atoms with Crippen LogP contribution in [0, 0.1) is 24.2 Å². The standard InChI is InChI=1S/2C13H24NSi2.2Cu/c2*1-11-9-8-10-12(14-11)13(15(2,3)4)16(5,6)7;;/h2*8-10H,1-7H3;;/q2*-1;2*+1. The largest absolute Gasteiger partial charge is 1.00 e. The Morgan fingerprint density at radius 1 is 0.471 bits per heavy atom. The molecule has 2 heterocycles. The molecule has 2 nitrogen and oxygen atoms in total. The van der Waals surface area contributed by atoms with Crippen molar-refractivity contribution in [3.05, 3.63) is 69.5 Å². The van der Waals surface area contributed by atoms with E-state index < -0.39 is 32.3 Å². The van der Waals surface area contributed by atoms with Crippen LogP contribution in [-0.2, 0) is 34.1 Å². The van der Waals surface area contributed by atoms with Crippen LogP contribution in [-0.4, -0.2) is 42.3 Å². The van der Waals surface area contributed by atoms with E-state index in [0.29, 0.717) is 0 Å². The average molecular weight is 628 g/mol. The van der Waals surface area contributed by atoms with Crippen LogP contribution in [0.5, 0.6) is 0 Å². The van der Waals surface area contributed by atoms with Gasteiger partial charge in [-0.3, -0.25) is 9.97 Å². The molecule has 0 bridgehead atoms. The Balaban J connectivity index is 0. The van der Waals surface area contributed by atoms with Crippen LogP contribution >= 0.6 is 0 Å². The molecule has 0 aliphatic heterocycles. The summed E-state index contributed by atoms with van der Waals surface area (Å²) in [5.41, 5.74) is 4.79. The minimum atomic E-state index is -1.27. The maximum Gasteiger partial charge on any atom is 1.00 e. The molecular weight excluding hydrogens is 580 g/mol. The van der Waals surface area contributed by atoms with Crippen LogP contribution in [0.25, 0.3) is 0 Å². The van der Waals surface area contributed by atoms with Crippen molar-refractivity contribution in [2.24, 2.45) is 0 Å². The molecular formula is C26H48Cu2N2Si4. The predicted molar refractivity (Wildman–Crippen MR) is 156 cm³/mol. The fourth-order valence-electron chi connectivity index (χ4n) is 5.15. The van der Waals surface area contributed by atoms with Crippen molar-refractivity contribution in [1.29, 1.82) is 0 Å². The first kappa shape index (κ1) is 36.1. The Kier molecular flexibility index (Phi) is 14.3. The summed E-state index contributed by atoms with van der Waals surface area (Å²) in [5.74, 6) is 0. The van der Waals surface area contributed by atoms with Crippen LogP contribution in [0.3, 0.4) is 0 Å². The van der Waals surface area contributed by atoms with Crippen molar-refractivity contribution in [1.82, 2.24) is 9.97 Å². The third kappa shape index (κ3) is 11.3. The summed E-state index contributed by atoms with van der Waals surface area (Å²) in [4.78, 5) is 9.48. The number of pyridine rings is 2. The van der Waals surface area contributed by atoms with Crippen molar-refractivity contribution >= 4 is 32.3 Å². The number of hydrogen-bond donors (Lipinski definition) is 0. The van der Waals surface area contributed by atoms with E-state index >= 15 is 0 Å². The van der Waals surface area contributed by atoms with Gasteiger partial charge in [-0.15, -0.1) is 12.1 Å². The number of hydrogen-bond acceptors (Lipinski definition) is 2. The van der Waals surface area contributed by atoms with Crippen LogP contribution in [0.15, 0.2) is 36.4 Å². The molecule has 2 aromatic heterocycles. The zero-order valence-corrected chi connectivity index (χ0v) is 29.8. The predicted octanol–water partition coefficient (Wildman–Crippen LogP) is 8.13. The number of aryl methyl sites for hydroxylation is 2. The average Bonchev–Trinajstić information content (AvgIpc) is 2.49. The zero-order chi connectivity index (χ0) is 25.1. The first-order chi connectivity index (χ1) is 14.2. The van der Waals surface area contributed by atoms with E-state index in [0.717, 1.165) is 11.4 Å². The maximum atomic E-state index is 4.74. The van der Waals surface area contributed by atoms with Gasteiger partial charge in [-0.1, -0.05) is 102 Å². The van der Waals surface area contributed by atoms with Gasteiger partial charge in [0.15, 0.2) is 0 Å². The Bertz CT molecular complexity index is 778. The van der Waals surface area contributed by atoms with Crippen molar-refractivity contribution in [2.75, 3.05) is 0 Å². The topological polar surface area (TPSA) is 25.8 Å². The van der Waals surface area contributed by atoms with Gasteiger partial charge in [-0.05, 0) is 46.1 Å². The summed E-state index contributed by atoms with van der Waals surface area (Å²) in [7, 11) is -5.08. The van der Waals surface area contributed by atoms with Gasteiger partial charge in [-0.25, -0.2) is 0 Å². The molecule has 200 valence electrons. The molecule has 0 unspecified atom stereocenters. The Morgan fingerprint density at radius 3 is 0.882 bits per heavy atom. The molecule has 0 saturated carbocycles. The van der Waals surface area contributed by atoms with Gasteiger partial charge in [0.1, 0.15) is 0 Å². The quantitative estimate of drug-likeness (QED) is 0.239. The van der Waals surface area contributed by atoms with Crippen LogP contribution in [0.2, 0.25) is 78.6 Å². The summed E-state index contributed by atoms with van der Waals surface area (Å²) in [6, 6.07) is 12.8. The molecule has 0 fully saturated rings. The Morgan fingerprint density at radius 2 is 0.706 bits per heavy atom. The third-order valence-corrected chi connectivity index (χ3v) is 21.3. The molecule has 2 aromatic rings. The number of rotatable bonds is 6. The van der Waals surface area contributed by atoms with Gasteiger partial charge < -0.3 is 0 Å².